The number of hydrogen-bond donors (Lipinski definition) is 1. The van der Waals surface area contributed by atoms with Gasteiger partial charge in [-0.2, -0.15) is 5.10 Å². The number of aliphatic hydroxyl groups is 1. The molecule has 1 aromatic heterocycles. The first kappa shape index (κ1) is 24.6. The number of carbonyl (C=O) groups is 1. The monoisotopic (exact) mass is 494 g/mol. The lowest BCUT2D eigenvalue weighted by Crippen LogP contribution is -2.52. The van der Waals surface area contributed by atoms with Gasteiger partial charge in [-0.15, -0.1) is 0 Å². The predicted octanol–water partition coefficient (Wildman–Crippen LogP) is 3.89. The number of nitrogens with zero attached hydrogens (tertiary/aromatic N) is 4. The molecular formula is C30H30N4O3. The van der Waals surface area contributed by atoms with Crippen molar-refractivity contribution in [3.63, 3.8) is 0 Å². The van der Waals surface area contributed by atoms with Gasteiger partial charge in [-0.1, -0.05) is 91.0 Å². The summed E-state index contributed by atoms with van der Waals surface area (Å²) in [5.74, 6) is 0.0517. The lowest BCUT2D eigenvalue weighted by molar-refractivity contribution is -0.141. The van der Waals surface area contributed by atoms with Crippen LogP contribution in [0, 0.1) is 0 Å². The lowest BCUT2D eigenvalue weighted by Gasteiger charge is -2.48. The minimum absolute atomic E-state index is 0.0134. The van der Waals surface area contributed by atoms with Crippen LogP contribution in [0.4, 0.5) is 0 Å². The molecule has 0 amide bonds. The maximum atomic E-state index is 11.6. The Bertz CT molecular complexity index is 1260. The van der Waals surface area contributed by atoms with Crippen LogP contribution in [-0.2, 0) is 21.6 Å². The van der Waals surface area contributed by atoms with Crippen LogP contribution in [0.1, 0.15) is 28.9 Å². The largest absolute Gasteiger partial charge is 0.468 e. The molecule has 7 heteroatoms. The van der Waals surface area contributed by atoms with Crippen LogP contribution in [0.2, 0.25) is 0 Å². The van der Waals surface area contributed by atoms with E-state index in [0.717, 1.165) is 22.3 Å². The normalized spacial score (nSPS) is 17.6. The lowest BCUT2D eigenvalue weighted by atomic mass is 9.74. The standard InChI is InChI=1S/C30H30N4O3/c1-37-29(36)21-34-22-31-28(32-34)19-23-20-33(18-17-27(23)35)30(24-11-5-2-6-12-24,25-13-7-3-8-14-25)26-15-9-4-10-16-26/h2-16,19,22,27,35H,17-18,20-21H2,1H3/b23-19+. The maximum absolute atomic E-state index is 11.6. The quantitative estimate of drug-likeness (QED) is 0.310. The number of likely N-dealkylation sites (tertiary alicyclic amines) is 1. The third-order valence-corrected chi connectivity index (χ3v) is 6.91. The van der Waals surface area contributed by atoms with E-state index < -0.39 is 17.6 Å². The Kier molecular flexibility index (Phi) is 7.25. The summed E-state index contributed by atoms with van der Waals surface area (Å²) in [6.45, 7) is 1.20. The molecule has 4 aromatic rings. The second-order valence-corrected chi connectivity index (χ2v) is 9.13. The third-order valence-electron chi connectivity index (χ3n) is 6.91. The zero-order valence-electron chi connectivity index (χ0n) is 20.8. The molecule has 2 heterocycles. The van der Waals surface area contributed by atoms with Gasteiger partial charge in [0.15, 0.2) is 5.82 Å². The first-order chi connectivity index (χ1) is 18.1. The average Bonchev–Trinajstić information content (AvgIpc) is 3.39. The number of benzene rings is 3. The van der Waals surface area contributed by atoms with E-state index in [-0.39, 0.29) is 6.54 Å². The van der Waals surface area contributed by atoms with Gasteiger partial charge in [0.1, 0.15) is 12.9 Å². The maximum Gasteiger partial charge on any atom is 0.327 e. The summed E-state index contributed by atoms with van der Waals surface area (Å²) in [6.07, 6.45) is 3.29. The molecule has 1 atom stereocenters. The number of piperidine rings is 1. The molecule has 0 saturated carbocycles. The highest BCUT2D eigenvalue weighted by atomic mass is 16.5. The van der Waals surface area contributed by atoms with Gasteiger partial charge in [-0.3, -0.25) is 9.69 Å². The Morgan fingerprint density at radius 1 is 0.973 bits per heavy atom. The molecule has 1 unspecified atom stereocenters. The smallest absolute Gasteiger partial charge is 0.327 e. The zero-order chi connectivity index (χ0) is 25.7. The van der Waals surface area contributed by atoms with E-state index in [9.17, 15) is 9.90 Å². The molecule has 0 aliphatic carbocycles. The Morgan fingerprint density at radius 2 is 1.51 bits per heavy atom. The van der Waals surface area contributed by atoms with E-state index in [0.29, 0.717) is 25.3 Å². The highest BCUT2D eigenvalue weighted by molar-refractivity contribution is 5.68. The minimum Gasteiger partial charge on any atom is -0.468 e. The van der Waals surface area contributed by atoms with Crippen LogP contribution < -0.4 is 0 Å². The van der Waals surface area contributed by atoms with Crippen LogP contribution in [-0.4, -0.2) is 57.0 Å². The van der Waals surface area contributed by atoms with Gasteiger partial charge in [-0.05, 0) is 34.8 Å². The van der Waals surface area contributed by atoms with Crippen molar-refractivity contribution < 1.29 is 14.6 Å². The molecule has 1 aliphatic rings. The Morgan fingerprint density at radius 3 is 2.03 bits per heavy atom. The first-order valence-electron chi connectivity index (χ1n) is 12.4. The second kappa shape index (κ2) is 10.9. The van der Waals surface area contributed by atoms with Crippen LogP contribution in [0.15, 0.2) is 103 Å². The van der Waals surface area contributed by atoms with E-state index in [1.165, 1.54) is 18.1 Å². The minimum atomic E-state index is -0.608. The van der Waals surface area contributed by atoms with Crippen molar-refractivity contribution in [2.45, 2.75) is 24.6 Å². The topological polar surface area (TPSA) is 80.5 Å². The molecule has 7 nitrogen and oxygen atoms in total. The molecule has 188 valence electrons. The highest BCUT2D eigenvalue weighted by Gasteiger charge is 2.44. The molecule has 5 rings (SSSR count). The fourth-order valence-corrected chi connectivity index (χ4v) is 5.20. The molecule has 3 aromatic carbocycles. The SMILES string of the molecule is COC(=O)Cn1cnc(/C=C2\CN(C(c3ccccc3)(c3ccccc3)c3ccccc3)CCC2O)n1. The average molecular weight is 495 g/mol. The van der Waals surface area contributed by atoms with Gasteiger partial charge in [0.25, 0.3) is 0 Å². The number of carbonyl (C=O) groups excluding carboxylic acids is 1. The van der Waals surface area contributed by atoms with Crippen LogP contribution in [0.25, 0.3) is 6.08 Å². The Hall–Kier alpha value is -4.07. The van der Waals surface area contributed by atoms with Gasteiger partial charge < -0.3 is 9.84 Å². The molecule has 1 fully saturated rings. The summed E-state index contributed by atoms with van der Waals surface area (Å²) in [6, 6.07) is 31.6. The van der Waals surface area contributed by atoms with E-state index >= 15 is 0 Å². The molecule has 0 bridgehead atoms. The van der Waals surface area contributed by atoms with E-state index in [1.54, 1.807) is 0 Å². The molecule has 37 heavy (non-hydrogen) atoms. The summed E-state index contributed by atoms with van der Waals surface area (Å²) in [5, 5.41) is 15.4. The van der Waals surface area contributed by atoms with Crippen LogP contribution in [0.3, 0.4) is 0 Å². The summed E-state index contributed by atoms with van der Waals surface area (Å²) in [4.78, 5) is 18.4. The molecule has 1 saturated heterocycles. The van der Waals surface area contributed by atoms with Crippen molar-refractivity contribution in [1.82, 2.24) is 19.7 Å². The van der Waals surface area contributed by atoms with Gasteiger partial charge >= 0.3 is 5.97 Å². The molecule has 0 radical (unpaired) electrons. The number of methoxy groups -OCH3 is 1. The number of rotatable bonds is 7. The van der Waals surface area contributed by atoms with Crippen LogP contribution >= 0.6 is 0 Å². The van der Waals surface area contributed by atoms with E-state index in [1.807, 2.05) is 24.3 Å². The van der Waals surface area contributed by atoms with Crippen molar-refractivity contribution in [3.8, 4) is 0 Å². The molecule has 1 N–H and O–H groups in total. The van der Waals surface area contributed by atoms with Gasteiger partial charge in [0, 0.05) is 13.1 Å². The van der Waals surface area contributed by atoms with Crippen molar-refractivity contribution in [1.29, 1.82) is 0 Å². The fraction of sp³-hybridized carbons (Fsp3) is 0.233. The molecule has 0 spiro atoms. The number of aliphatic hydroxyl groups excluding tert-OH is 1. The number of ether oxygens (including phenoxy) is 1. The van der Waals surface area contributed by atoms with Crippen LogP contribution in [0.5, 0.6) is 0 Å². The summed E-state index contributed by atoms with van der Waals surface area (Å²) in [7, 11) is 1.34. The van der Waals surface area contributed by atoms with Gasteiger partial charge in [0.2, 0.25) is 0 Å². The van der Waals surface area contributed by atoms with Crippen molar-refractivity contribution >= 4 is 12.0 Å². The first-order valence-corrected chi connectivity index (χ1v) is 12.4. The highest BCUT2D eigenvalue weighted by Crippen LogP contribution is 2.44. The molecule has 1 aliphatic heterocycles. The predicted molar refractivity (Wildman–Crippen MR) is 141 cm³/mol. The Balaban J connectivity index is 1.60. The number of hydrogen-bond acceptors (Lipinski definition) is 6. The van der Waals surface area contributed by atoms with Crippen molar-refractivity contribution in [2.75, 3.05) is 20.2 Å². The van der Waals surface area contributed by atoms with E-state index in [2.05, 4.69) is 87.8 Å². The van der Waals surface area contributed by atoms with Crippen molar-refractivity contribution in [2.24, 2.45) is 0 Å². The number of esters is 1. The van der Waals surface area contributed by atoms with Gasteiger partial charge in [0.05, 0.1) is 18.8 Å². The molecular weight excluding hydrogens is 464 g/mol. The van der Waals surface area contributed by atoms with Gasteiger partial charge in [-0.25, -0.2) is 9.67 Å². The zero-order valence-corrected chi connectivity index (χ0v) is 20.8. The summed E-state index contributed by atoms with van der Waals surface area (Å²) in [5.41, 5.74) is 3.73. The fourth-order valence-electron chi connectivity index (χ4n) is 5.20. The number of aromatic nitrogens is 3. The Labute approximate surface area is 216 Å². The van der Waals surface area contributed by atoms with E-state index in [4.69, 9.17) is 4.74 Å². The van der Waals surface area contributed by atoms with Crippen molar-refractivity contribution in [3.05, 3.63) is 125 Å². The second-order valence-electron chi connectivity index (χ2n) is 9.13. The summed E-state index contributed by atoms with van der Waals surface area (Å²) >= 11 is 0. The third kappa shape index (κ3) is 4.96. The summed E-state index contributed by atoms with van der Waals surface area (Å²) < 4.78 is 6.16.